The maximum Gasteiger partial charge on any atom is 0.306 e. The number of rotatable bonds is 7. The second-order valence-electron chi connectivity index (χ2n) is 6.96. The zero-order valence-electron chi connectivity index (χ0n) is 15.5. The van der Waals surface area contributed by atoms with Gasteiger partial charge in [0, 0.05) is 23.1 Å². The smallest absolute Gasteiger partial charge is 0.306 e. The third-order valence-corrected chi connectivity index (χ3v) is 4.38. The van der Waals surface area contributed by atoms with Crippen LogP contribution < -0.4 is 4.74 Å². The Bertz CT molecular complexity index is 760. The number of nitrogens with zero attached hydrogens (tertiary/aromatic N) is 1. The molecule has 0 aliphatic rings. The maximum absolute atomic E-state index is 13.0. The fourth-order valence-corrected chi connectivity index (χ4v) is 2.97. The van der Waals surface area contributed by atoms with Gasteiger partial charge in [0.1, 0.15) is 23.0 Å². The van der Waals surface area contributed by atoms with E-state index in [-0.39, 0.29) is 25.4 Å². The van der Waals surface area contributed by atoms with Gasteiger partial charge in [-0.25, -0.2) is 9.37 Å². The summed E-state index contributed by atoms with van der Waals surface area (Å²) in [5.41, 5.74) is 1.88. The highest BCUT2D eigenvalue weighted by Crippen LogP contribution is 2.25. The lowest BCUT2D eigenvalue weighted by molar-refractivity contribution is -0.154. The molecule has 0 aliphatic carbocycles. The first-order valence-electron chi connectivity index (χ1n) is 8.42. The minimum atomic E-state index is -0.537. The Morgan fingerprint density at radius 2 is 1.92 bits per heavy atom. The summed E-state index contributed by atoms with van der Waals surface area (Å²) in [6.07, 6.45) is 0.887. The highest BCUT2D eigenvalue weighted by Gasteiger charge is 2.16. The Morgan fingerprint density at radius 3 is 2.46 bits per heavy atom. The fourth-order valence-electron chi connectivity index (χ4n) is 2.17. The van der Waals surface area contributed by atoms with E-state index in [9.17, 15) is 9.18 Å². The van der Waals surface area contributed by atoms with Crippen LogP contribution >= 0.6 is 11.3 Å². The molecule has 0 N–H and O–H groups in total. The summed E-state index contributed by atoms with van der Waals surface area (Å²) in [6, 6.07) is 7.51. The van der Waals surface area contributed by atoms with E-state index < -0.39 is 5.60 Å². The first-order valence-corrected chi connectivity index (χ1v) is 9.30. The van der Waals surface area contributed by atoms with E-state index in [0.29, 0.717) is 17.7 Å². The zero-order chi connectivity index (χ0) is 19.2. The molecule has 0 radical (unpaired) electrons. The molecule has 26 heavy (non-hydrogen) atoms. The van der Waals surface area contributed by atoms with Gasteiger partial charge in [0.05, 0.1) is 6.33 Å². The minimum absolute atomic E-state index is 0.0923. The van der Waals surface area contributed by atoms with Gasteiger partial charge < -0.3 is 9.47 Å². The van der Waals surface area contributed by atoms with E-state index in [1.54, 1.807) is 32.1 Å². The van der Waals surface area contributed by atoms with Gasteiger partial charge in [-0.3, -0.25) is 4.79 Å². The van der Waals surface area contributed by atoms with Crippen molar-refractivity contribution in [3.8, 4) is 16.3 Å². The molecule has 140 valence electrons. The summed E-state index contributed by atoms with van der Waals surface area (Å²) in [5.74, 6) is 0.290. The van der Waals surface area contributed by atoms with Gasteiger partial charge in [0.25, 0.3) is 0 Å². The summed E-state index contributed by atoms with van der Waals surface area (Å²) in [7, 11) is 0. The van der Waals surface area contributed by atoms with Crippen LogP contribution in [0.3, 0.4) is 0 Å². The minimum Gasteiger partial charge on any atom is -0.489 e. The number of ether oxygens (including phenoxy) is 2. The van der Waals surface area contributed by atoms with Gasteiger partial charge in [-0.2, -0.15) is 0 Å². The van der Waals surface area contributed by atoms with Gasteiger partial charge in [-0.1, -0.05) is 0 Å². The van der Waals surface area contributed by atoms with Crippen LogP contribution in [0.1, 0.15) is 39.3 Å². The van der Waals surface area contributed by atoms with E-state index in [1.807, 2.05) is 36.6 Å². The number of carbonyl (C=O) groups is 1. The molecule has 1 heterocycles. The number of carbonyl (C=O) groups excluding carboxylic acids is 1. The molecule has 1 aromatic heterocycles. The highest BCUT2D eigenvalue weighted by molar-refractivity contribution is 7.13. The first kappa shape index (κ1) is 20.1. The van der Waals surface area contributed by atoms with E-state index >= 15 is 0 Å². The Hall–Kier alpha value is -2.21. The number of hydrogen-bond acceptors (Lipinski definition) is 5. The largest absolute Gasteiger partial charge is 0.489 e. The molecule has 0 saturated heterocycles. The molecule has 2 aromatic rings. The molecule has 6 heteroatoms. The van der Waals surface area contributed by atoms with Crippen LogP contribution in [0.5, 0.6) is 5.75 Å². The molecule has 0 saturated carbocycles. The van der Waals surface area contributed by atoms with Gasteiger partial charge in [-0.15, -0.1) is 11.3 Å². The second kappa shape index (κ2) is 8.94. The number of esters is 1. The van der Waals surface area contributed by atoms with Crippen LogP contribution in [0.2, 0.25) is 0 Å². The van der Waals surface area contributed by atoms with Gasteiger partial charge in [0.2, 0.25) is 0 Å². The lowest BCUT2D eigenvalue weighted by Gasteiger charge is -2.19. The number of benzene rings is 1. The van der Waals surface area contributed by atoms with Gasteiger partial charge in [-0.05, 0) is 64.0 Å². The number of thiazole rings is 1. The van der Waals surface area contributed by atoms with Crippen molar-refractivity contribution in [1.29, 1.82) is 0 Å². The number of aryl methyl sites for hydroxylation is 1. The Kier molecular flexibility index (Phi) is 6.91. The van der Waals surface area contributed by atoms with Crippen LogP contribution in [0.4, 0.5) is 4.39 Å². The van der Waals surface area contributed by atoms with Crippen molar-refractivity contribution in [1.82, 2.24) is 4.98 Å². The molecular formula is C20H24FNO3S. The van der Waals surface area contributed by atoms with Crippen LogP contribution in [-0.4, -0.2) is 23.2 Å². The Balaban J connectivity index is 1.83. The van der Waals surface area contributed by atoms with Crippen molar-refractivity contribution in [2.24, 2.45) is 0 Å². The van der Waals surface area contributed by atoms with E-state index in [4.69, 9.17) is 9.47 Å². The van der Waals surface area contributed by atoms with Crippen molar-refractivity contribution in [3.63, 3.8) is 0 Å². The van der Waals surface area contributed by atoms with Crippen molar-refractivity contribution in [3.05, 3.63) is 47.2 Å². The molecule has 0 amide bonds. The molecule has 1 aromatic carbocycles. The second-order valence-corrected chi connectivity index (χ2v) is 7.82. The van der Waals surface area contributed by atoms with E-state index in [1.165, 1.54) is 0 Å². The molecule has 0 bridgehead atoms. The first-order chi connectivity index (χ1) is 12.3. The number of halogens is 1. The molecule has 0 aliphatic heterocycles. The Morgan fingerprint density at radius 1 is 1.23 bits per heavy atom. The third kappa shape index (κ3) is 6.59. The standard InChI is InChI=1S/C20H24FNO3S/c1-14-13-26-19(22-14)16-6-8-17(9-7-16)24-12-15(11-21)5-10-18(23)25-20(2,3)4/h6-9,11,13H,5,10,12H2,1-4H3. The third-order valence-electron chi connectivity index (χ3n) is 3.37. The summed E-state index contributed by atoms with van der Waals surface area (Å²) >= 11 is 1.59. The van der Waals surface area contributed by atoms with Gasteiger partial charge in [0.15, 0.2) is 0 Å². The molecule has 0 fully saturated rings. The van der Waals surface area contributed by atoms with Crippen molar-refractivity contribution >= 4 is 17.3 Å². The summed E-state index contributed by atoms with van der Waals surface area (Å²) in [6.45, 7) is 7.46. The monoisotopic (exact) mass is 377 g/mol. The van der Waals surface area contributed by atoms with Crippen molar-refractivity contribution in [2.45, 2.75) is 46.1 Å². The average molecular weight is 377 g/mol. The van der Waals surface area contributed by atoms with Crippen molar-refractivity contribution in [2.75, 3.05) is 6.61 Å². The SMILES string of the molecule is Cc1csc(-c2ccc(OCC(=CF)CCC(=O)OC(C)(C)C)cc2)n1. The molecule has 0 atom stereocenters. The molecule has 2 rings (SSSR count). The normalized spacial score (nSPS) is 12.1. The molecule has 0 spiro atoms. The Labute approximate surface area is 157 Å². The summed E-state index contributed by atoms with van der Waals surface area (Å²) in [4.78, 5) is 16.1. The summed E-state index contributed by atoms with van der Waals surface area (Å²) in [5, 5.41) is 2.96. The fraction of sp³-hybridized carbons (Fsp3) is 0.400. The highest BCUT2D eigenvalue weighted by atomic mass is 32.1. The molecular weight excluding hydrogens is 353 g/mol. The molecule has 4 nitrogen and oxygen atoms in total. The van der Waals surface area contributed by atoms with Crippen LogP contribution in [0, 0.1) is 6.92 Å². The molecule has 0 unspecified atom stereocenters. The van der Waals surface area contributed by atoms with Crippen LogP contribution in [0.25, 0.3) is 10.6 Å². The number of hydrogen-bond donors (Lipinski definition) is 0. The van der Waals surface area contributed by atoms with Crippen LogP contribution in [-0.2, 0) is 9.53 Å². The predicted octanol–water partition coefficient (Wildman–Crippen LogP) is 5.47. The lowest BCUT2D eigenvalue weighted by Crippen LogP contribution is -2.23. The zero-order valence-corrected chi connectivity index (χ0v) is 16.4. The van der Waals surface area contributed by atoms with Gasteiger partial charge >= 0.3 is 5.97 Å². The number of aromatic nitrogens is 1. The predicted molar refractivity (Wildman–Crippen MR) is 102 cm³/mol. The summed E-state index contributed by atoms with van der Waals surface area (Å²) < 4.78 is 23.9. The van der Waals surface area contributed by atoms with Crippen LogP contribution in [0.15, 0.2) is 41.5 Å². The lowest BCUT2D eigenvalue weighted by atomic mass is 10.1. The van der Waals surface area contributed by atoms with Crippen molar-refractivity contribution < 1.29 is 18.7 Å². The quantitative estimate of drug-likeness (QED) is 0.600. The average Bonchev–Trinajstić information content (AvgIpc) is 3.00. The van der Waals surface area contributed by atoms with E-state index in [0.717, 1.165) is 16.3 Å². The maximum atomic E-state index is 13.0. The van der Waals surface area contributed by atoms with E-state index in [2.05, 4.69) is 4.98 Å². The topological polar surface area (TPSA) is 48.4 Å².